The number of nitro groups is 1. The largest absolute Gasteiger partial charge is 0.493 e. The normalized spacial score (nSPS) is 11.8. The predicted molar refractivity (Wildman–Crippen MR) is 136 cm³/mol. The van der Waals surface area contributed by atoms with Crippen LogP contribution in [0.3, 0.4) is 0 Å². The van der Waals surface area contributed by atoms with Gasteiger partial charge >= 0.3 is 18.1 Å². The molecule has 2 aromatic carbocycles. The Hall–Kier alpha value is -4.65. The van der Waals surface area contributed by atoms with E-state index in [1.165, 1.54) is 24.3 Å². The van der Waals surface area contributed by atoms with Gasteiger partial charge in [-0.15, -0.1) is 0 Å². The summed E-state index contributed by atoms with van der Waals surface area (Å²) in [6, 6.07) is 10.4. The third-order valence-corrected chi connectivity index (χ3v) is 5.91. The van der Waals surface area contributed by atoms with E-state index in [-0.39, 0.29) is 30.2 Å². The number of nitrogens with two attached hydrogens (primary N) is 2. The van der Waals surface area contributed by atoms with Gasteiger partial charge in [-0.3, -0.25) is 14.9 Å². The smallest absolute Gasteiger partial charge is 0.490 e. The Labute approximate surface area is 230 Å². The number of rotatable bonds is 14. The molecule has 0 unspecified atom stereocenters. The second kappa shape index (κ2) is 15.8. The van der Waals surface area contributed by atoms with E-state index in [0.29, 0.717) is 24.3 Å². The van der Waals surface area contributed by atoms with Gasteiger partial charge in [-0.25, -0.2) is 17.9 Å². The van der Waals surface area contributed by atoms with Crippen molar-refractivity contribution in [2.45, 2.75) is 30.8 Å². The van der Waals surface area contributed by atoms with Crippen LogP contribution < -0.4 is 20.9 Å². The van der Waals surface area contributed by atoms with Gasteiger partial charge < -0.3 is 31.3 Å². The summed E-state index contributed by atoms with van der Waals surface area (Å²) in [5.41, 5.74) is 10.4. The number of aliphatic carboxylic acids is 2. The van der Waals surface area contributed by atoms with Crippen LogP contribution in [0.15, 0.2) is 53.7 Å². The van der Waals surface area contributed by atoms with Crippen molar-refractivity contribution in [1.82, 2.24) is 4.72 Å². The molecule has 0 aliphatic heterocycles. The monoisotopic (exact) mass is 609 g/mol. The van der Waals surface area contributed by atoms with E-state index < -0.39 is 44.9 Å². The molecule has 19 heteroatoms. The number of carbonyl (C=O) groups is 2. The summed E-state index contributed by atoms with van der Waals surface area (Å²) < 4.78 is 64.4. The number of halogens is 3. The maximum Gasteiger partial charge on any atom is 0.490 e. The molecule has 15 nitrogen and oxygen atoms in total. The molecular weight excluding hydrogens is 583 g/mol. The first kappa shape index (κ1) is 34.4. The minimum absolute atomic E-state index is 0.0469. The molecule has 7 N–H and O–H groups in total. The number of benzene rings is 2. The summed E-state index contributed by atoms with van der Waals surface area (Å²) in [5, 5.41) is 31.1. The number of carboxylic acids is 2. The van der Waals surface area contributed by atoms with Gasteiger partial charge in [0.2, 0.25) is 16.0 Å². The first-order valence-corrected chi connectivity index (χ1v) is 12.8. The van der Waals surface area contributed by atoms with Gasteiger partial charge in [-0.1, -0.05) is 30.3 Å². The van der Waals surface area contributed by atoms with E-state index in [4.69, 9.17) is 30.9 Å². The number of nitrogens with zero attached hydrogens (tertiary/aromatic N) is 2. The maximum atomic E-state index is 12.5. The van der Waals surface area contributed by atoms with Gasteiger partial charge in [0.15, 0.2) is 0 Å². The van der Waals surface area contributed by atoms with Crippen molar-refractivity contribution in [1.29, 1.82) is 0 Å². The Kier molecular flexibility index (Phi) is 13.3. The second-order valence-corrected chi connectivity index (χ2v) is 9.61. The van der Waals surface area contributed by atoms with Crippen molar-refractivity contribution >= 4 is 33.6 Å². The van der Waals surface area contributed by atoms with Crippen molar-refractivity contribution in [2.75, 3.05) is 13.2 Å². The lowest BCUT2D eigenvalue weighted by molar-refractivity contribution is -0.385. The number of sulfonamides is 1. The van der Waals surface area contributed by atoms with Crippen LogP contribution in [-0.4, -0.2) is 66.9 Å². The van der Waals surface area contributed by atoms with Crippen LogP contribution in [0.5, 0.6) is 5.75 Å². The highest BCUT2D eigenvalue weighted by molar-refractivity contribution is 7.88. The van der Waals surface area contributed by atoms with Gasteiger partial charge in [-0.2, -0.15) is 13.2 Å². The van der Waals surface area contributed by atoms with Crippen molar-refractivity contribution in [3.63, 3.8) is 0 Å². The zero-order chi connectivity index (χ0) is 31.2. The lowest BCUT2D eigenvalue weighted by Gasteiger charge is -2.15. The van der Waals surface area contributed by atoms with Crippen LogP contribution in [0.25, 0.3) is 0 Å². The average Bonchev–Trinajstić information content (AvgIpc) is 2.86. The van der Waals surface area contributed by atoms with Crippen molar-refractivity contribution < 1.29 is 55.9 Å². The molecular formula is C22H26F3N5O10S. The fourth-order valence-electron chi connectivity index (χ4n) is 2.84. The highest BCUT2D eigenvalue weighted by Crippen LogP contribution is 2.20. The van der Waals surface area contributed by atoms with Gasteiger partial charge in [-0.05, 0) is 29.3 Å². The number of guanidine groups is 1. The van der Waals surface area contributed by atoms with Gasteiger partial charge in [0, 0.05) is 18.1 Å². The number of hydrogen-bond acceptors (Lipinski definition) is 9. The molecule has 0 aliphatic carbocycles. The third kappa shape index (κ3) is 13.8. The minimum Gasteiger partial charge on any atom is -0.493 e. The fourth-order valence-corrected chi connectivity index (χ4v) is 4.20. The second-order valence-electron chi connectivity index (χ2n) is 7.86. The van der Waals surface area contributed by atoms with Crippen LogP contribution in [0.2, 0.25) is 0 Å². The molecule has 0 spiro atoms. The van der Waals surface area contributed by atoms with E-state index in [1.54, 1.807) is 24.3 Å². The van der Waals surface area contributed by atoms with Crippen LogP contribution >= 0.6 is 0 Å². The maximum absolute atomic E-state index is 12.5. The van der Waals surface area contributed by atoms with E-state index in [9.17, 15) is 41.6 Å². The molecule has 0 saturated carbocycles. The Balaban J connectivity index is 0.00000106. The third-order valence-electron chi connectivity index (χ3n) is 4.58. The van der Waals surface area contributed by atoms with Crippen LogP contribution in [0.1, 0.15) is 17.5 Å². The molecule has 0 heterocycles. The number of nitro benzene ring substituents is 1. The quantitative estimate of drug-likeness (QED) is 0.0669. The van der Waals surface area contributed by atoms with Gasteiger partial charge in [0.25, 0.3) is 5.69 Å². The van der Waals surface area contributed by atoms with Gasteiger partial charge in [0.05, 0.1) is 17.3 Å². The van der Waals surface area contributed by atoms with Crippen LogP contribution in [0, 0.1) is 10.1 Å². The van der Waals surface area contributed by atoms with E-state index in [1.807, 2.05) is 0 Å². The zero-order valence-corrected chi connectivity index (χ0v) is 21.8. The summed E-state index contributed by atoms with van der Waals surface area (Å²) >= 11 is 0. The number of oxime groups is 1. The first-order chi connectivity index (χ1) is 19.0. The number of alkyl halides is 3. The molecule has 0 bridgehead atoms. The molecule has 0 aromatic heterocycles. The molecule has 0 aliphatic rings. The summed E-state index contributed by atoms with van der Waals surface area (Å²) in [5.74, 6) is -4.53. The van der Waals surface area contributed by atoms with E-state index in [0.717, 1.165) is 0 Å². The Morgan fingerprint density at radius 2 is 1.66 bits per heavy atom. The Morgan fingerprint density at radius 3 is 2.17 bits per heavy atom. The molecule has 0 saturated heterocycles. The lowest BCUT2D eigenvalue weighted by Crippen LogP contribution is -2.42. The standard InChI is InChI=1S/C20H25N5O8S.C2HF3O2/c21-20(22)23-33-11-3-10-32-16-8-6-14(7-9-16)12-17(19(26)27)24-34(30,31)13-15-4-1-2-5-18(15)25(28)29;3-2(4,5)1(6)7/h1-2,4-9,17,24H,3,10-13H2,(H,26,27)(H4,21,22,23);(H,6,7)/t17-;/m0./s1. The Bertz CT molecular complexity index is 1320. The highest BCUT2D eigenvalue weighted by Gasteiger charge is 2.38. The van der Waals surface area contributed by atoms with Crippen molar-refractivity contribution in [3.05, 3.63) is 69.8 Å². The topological polar surface area (TPSA) is 247 Å². The van der Waals surface area contributed by atoms with Crippen molar-refractivity contribution in [2.24, 2.45) is 16.6 Å². The average molecular weight is 610 g/mol. The fraction of sp³-hybridized carbons (Fsp3) is 0.318. The lowest BCUT2D eigenvalue weighted by atomic mass is 10.1. The summed E-state index contributed by atoms with van der Waals surface area (Å²) in [6.45, 7) is 0.574. The SMILES string of the molecule is NC(N)=NOCCCOc1ccc(C[C@H](NS(=O)(=O)Cc2ccccc2[N+](=O)[O-])C(=O)O)cc1.O=C(O)C(F)(F)F. The number of para-hydroxylation sites is 1. The molecule has 0 radical (unpaired) electrons. The molecule has 2 aromatic rings. The molecule has 41 heavy (non-hydrogen) atoms. The van der Waals surface area contributed by atoms with Crippen LogP contribution in [-0.2, 0) is 36.6 Å². The van der Waals surface area contributed by atoms with Crippen LogP contribution in [0.4, 0.5) is 18.9 Å². The highest BCUT2D eigenvalue weighted by atomic mass is 32.2. The summed E-state index contributed by atoms with van der Waals surface area (Å²) in [7, 11) is -4.18. The first-order valence-electron chi connectivity index (χ1n) is 11.2. The summed E-state index contributed by atoms with van der Waals surface area (Å²) in [6.07, 6.45) is -4.71. The molecule has 226 valence electrons. The van der Waals surface area contributed by atoms with Crippen molar-refractivity contribution in [3.8, 4) is 5.75 Å². The predicted octanol–water partition coefficient (Wildman–Crippen LogP) is 1.32. The number of carboxylic acid groups (broad SMARTS) is 2. The number of nitrogens with one attached hydrogen (secondary N) is 1. The molecule has 2 rings (SSSR count). The summed E-state index contributed by atoms with van der Waals surface area (Å²) in [4.78, 5) is 35.8. The zero-order valence-electron chi connectivity index (χ0n) is 21.0. The minimum atomic E-state index is -5.08. The molecule has 0 fully saturated rings. The molecule has 0 amide bonds. The van der Waals surface area contributed by atoms with E-state index in [2.05, 4.69) is 9.88 Å². The van der Waals surface area contributed by atoms with E-state index >= 15 is 0 Å². The molecule has 1 atom stereocenters. The number of hydrogen-bond donors (Lipinski definition) is 5. The van der Waals surface area contributed by atoms with Gasteiger partial charge in [0.1, 0.15) is 18.4 Å². The Morgan fingerprint density at radius 1 is 1.07 bits per heavy atom. The number of ether oxygens (including phenoxy) is 1.